The van der Waals surface area contributed by atoms with Crippen LogP contribution >= 0.6 is 0 Å². The lowest BCUT2D eigenvalue weighted by atomic mass is 10.1. The first kappa shape index (κ1) is 17.4. The minimum absolute atomic E-state index is 0.236. The van der Waals surface area contributed by atoms with Gasteiger partial charge in [0.15, 0.2) is 23.3 Å². The van der Waals surface area contributed by atoms with E-state index < -0.39 is 34.8 Å². The second kappa shape index (κ2) is 7.21. The molecule has 1 saturated heterocycles. The van der Waals surface area contributed by atoms with Crippen LogP contribution in [0.1, 0.15) is 18.4 Å². The third-order valence-electron chi connectivity index (χ3n) is 4.10. The van der Waals surface area contributed by atoms with Crippen LogP contribution in [0.25, 0.3) is 0 Å². The largest absolute Gasteiger partial charge is 0.360 e. The highest BCUT2D eigenvalue weighted by Crippen LogP contribution is 2.30. The molecule has 0 spiro atoms. The van der Waals surface area contributed by atoms with Gasteiger partial charge in [0, 0.05) is 19.5 Å². The first-order valence-electron chi connectivity index (χ1n) is 7.87. The van der Waals surface area contributed by atoms with Crippen molar-refractivity contribution in [3.05, 3.63) is 65.0 Å². The highest BCUT2D eigenvalue weighted by molar-refractivity contribution is 5.87. The summed E-state index contributed by atoms with van der Waals surface area (Å²) < 4.78 is 67.9. The Morgan fingerprint density at radius 1 is 0.800 bits per heavy atom. The summed E-state index contributed by atoms with van der Waals surface area (Å²) in [5.41, 5.74) is -0.314. The van der Waals surface area contributed by atoms with Crippen LogP contribution in [-0.2, 0) is 6.42 Å². The van der Waals surface area contributed by atoms with E-state index in [1.165, 1.54) is 0 Å². The van der Waals surface area contributed by atoms with E-state index in [-0.39, 0.29) is 12.3 Å². The number of hydrogen-bond donors (Lipinski definition) is 0. The van der Waals surface area contributed by atoms with Crippen LogP contribution in [0.4, 0.5) is 27.6 Å². The van der Waals surface area contributed by atoms with Crippen LogP contribution in [0.5, 0.6) is 0 Å². The molecule has 0 atom stereocenters. The molecule has 1 fully saturated rings. The van der Waals surface area contributed by atoms with Crippen LogP contribution in [-0.4, -0.2) is 23.8 Å². The van der Waals surface area contributed by atoms with E-state index in [1.54, 1.807) is 12.1 Å². The lowest BCUT2D eigenvalue weighted by molar-refractivity contribution is 0.380. The minimum atomic E-state index is -2.18. The predicted octanol–water partition coefficient (Wildman–Crippen LogP) is 4.75. The Bertz CT molecular complexity index is 770. The fraction of sp³-hybridized carbons (Fsp3) is 0.278. The summed E-state index contributed by atoms with van der Waals surface area (Å²) in [6.07, 6.45) is 2.00. The van der Waals surface area contributed by atoms with Crippen molar-refractivity contribution in [2.75, 3.05) is 13.1 Å². The number of rotatable bonds is 3. The fourth-order valence-corrected chi connectivity index (χ4v) is 2.80. The molecule has 0 bridgehead atoms. The molecule has 0 amide bonds. The van der Waals surface area contributed by atoms with Gasteiger partial charge in [0.2, 0.25) is 5.82 Å². The van der Waals surface area contributed by atoms with Crippen molar-refractivity contribution in [1.82, 2.24) is 4.90 Å². The van der Waals surface area contributed by atoms with Crippen LogP contribution in [0, 0.1) is 29.1 Å². The monoisotopic (exact) mass is 354 g/mol. The van der Waals surface area contributed by atoms with E-state index >= 15 is 0 Å². The fourth-order valence-electron chi connectivity index (χ4n) is 2.80. The molecule has 25 heavy (non-hydrogen) atoms. The Balaban J connectivity index is 2.07. The number of benzene rings is 2. The summed E-state index contributed by atoms with van der Waals surface area (Å²) in [6, 6.07) is 9.04. The lowest BCUT2D eigenvalue weighted by Crippen LogP contribution is -2.29. The van der Waals surface area contributed by atoms with E-state index in [0.717, 1.165) is 18.4 Å². The van der Waals surface area contributed by atoms with Gasteiger partial charge in [0.25, 0.3) is 0 Å². The number of likely N-dealkylation sites (tertiary alicyclic amines) is 1. The Kier molecular flexibility index (Phi) is 5.01. The van der Waals surface area contributed by atoms with E-state index in [9.17, 15) is 22.0 Å². The maximum atomic E-state index is 13.9. The molecule has 7 heteroatoms. The minimum Gasteiger partial charge on any atom is -0.360 e. The highest BCUT2D eigenvalue weighted by Gasteiger charge is 2.27. The standard InChI is InChI=1S/C18H15F5N2/c19-13-14(20)16(22)18(17(23)15(13)21)24-12(25-8-4-5-9-25)10-11-6-2-1-3-7-11/h1-3,6-7H,4-5,8-10H2. The Hall–Kier alpha value is -2.44. The zero-order valence-electron chi connectivity index (χ0n) is 13.2. The summed E-state index contributed by atoms with van der Waals surface area (Å²) in [6.45, 7) is 1.25. The normalized spacial score (nSPS) is 15.1. The van der Waals surface area contributed by atoms with Gasteiger partial charge in [-0.1, -0.05) is 30.3 Å². The number of hydrogen-bond acceptors (Lipinski definition) is 1. The molecule has 0 saturated carbocycles. The molecule has 132 valence electrons. The van der Waals surface area contributed by atoms with Gasteiger partial charge in [-0.15, -0.1) is 0 Å². The molecule has 0 unspecified atom stereocenters. The molecule has 2 aromatic carbocycles. The summed E-state index contributed by atoms with van der Waals surface area (Å²) in [5, 5.41) is 0. The van der Waals surface area contributed by atoms with E-state index in [1.807, 2.05) is 23.1 Å². The average molecular weight is 354 g/mol. The van der Waals surface area contributed by atoms with Gasteiger partial charge in [0.1, 0.15) is 11.5 Å². The van der Waals surface area contributed by atoms with E-state index in [0.29, 0.717) is 13.1 Å². The van der Waals surface area contributed by atoms with Crippen molar-refractivity contribution < 1.29 is 22.0 Å². The zero-order valence-corrected chi connectivity index (χ0v) is 13.2. The first-order chi connectivity index (χ1) is 12.0. The Morgan fingerprint density at radius 2 is 1.32 bits per heavy atom. The highest BCUT2D eigenvalue weighted by atomic mass is 19.2. The molecule has 2 aromatic rings. The van der Waals surface area contributed by atoms with Crippen LogP contribution in [0.3, 0.4) is 0 Å². The molecule has 0 aliphatic carbocycles. The molecule has 0 radical (unpaired) electrons. The topological polar surface area (TPSA) is 15.6 Å². The molecule has 3 rings (SSSR count). The smallest absolute Gasteiger partial charge is 0.200 e. The third kappa shape index (κ3) is 3.50. The summed E-state index contributed by atoms with van der Waals surface area (Å²) >= 11 is 0. The molecule has 1 heterocycles. The molecule has 1 aliphatic rings. The summed E-state index contributed by atoms with van der Waals surface area (Å²) in [5.74, 6) is -9.70. The molecule has 0 aromatic heterocycles. The second-order valence-corrected chi connectivity index (χ2v) is 5.80. The lowest BCUT2D eigenvalue weighted by Gasteiger charge is -2.20. The van der Waals surface area contributed by atoms with Crippen LogP contribution in [0.15, 0.2) is 35.3 Å². The van der Waals surface area contributed by atoms with Gasteiger partial charge in [-0.05, 0) is 18.4 Å². The van der Waals surface area contributed by atoms with Gasteiger partial charge in [0.05, 0.1) is 0 Å². The van der Waals surface area contributed by atoms with Crippen molar-refractivity contribution in [3.8, 4) is 0 Å². The molecular formula is C18H15F5N2. The van der Waals surface area contributed by atoms with Crippen molar-refractivity contribution in [3.63, 3.8) is 0 Å². The van der Waals surface area contributed by atoms with Crippen molar-refractivity contribution in [2.24, 2.45) is 4.99 Å². The van der Waals surface area contributed by atoms with Crippen LogP contribution < -0.4 is 0 Å². The van der Waals surface area contributed by atoms with Gasteiger partial charge in [-0.2, -0.15) is 0 Å². The maximum absolute atomic E-state index is 13.9. The van der Waals surface area contributed by atoms with Gasteiger partial charge in [-0.25, -0.2) is 26.9 Å². The average Bonchev–Trinajstić information content (AvgIpc) is 3.16. The third-order valence-corrected chi connectivity index (χ3v) is 4.10. The summed E-state index contributed by atoms with van der Waals surface area (Å²) in [7, 11) is 0. The van der Waals surface area contributed by atoms with E-state index in [4.69, 9.17) is 0 Å². The molecule has 2 nitrogen and oxygen atoms in total. The van der Waals surface area contributed by atoms with Crippen molar-refractivity contribution >= 4 is 11.5 Å². The molecule has 0 N–H and O–H groups in total. The number of amidine groups is 1. The molecule has 1 aliphatic heterocycles. The van der Waals surface area contributed by atoms with Crippen molar-refractivity contribution in [2.45, 2.75) is 19.3 Å². The van der Waals surface area contributed by atoms with Gasteiger partial charge >= 0.3 is 0 Å². The Morgan fingerprint density at radius 3 is 1.88 bits per heavy atom. The van der Waals surface area contributed by atoms with E-state index in [2.05, 4.69) is 4.99 Å². The predicted molar refractivity (Wildman–Crippen MR) is 84.3 cm³/mol. The number of nitrogens with zero attached hydrogens (tertiary/aromatic N) is 2. The first-order valence-corrected chi connectivity index (χ1v) is 7.87. The van der Waals surface area contributed by atoms with Gasteiger partial charge in [-0.3, -0.25) is 0 Å². The van der Waals surface area contributed by atoms with Crippen molar-refractivity contribution in [1.29, 1.82) is 0 Å². The zero-order chi connectivity index (χ0) is 18.0. The summed E-state index contributed by atoms with van der Waals surface area (Å²) in [4.78, 5) is 5.65. The number of aliphatic imine (C=N–C) groups is 1. The quantitative estimate of drug-likeness (QED) is 0.255. The number of halogens is 5. The second-order valence-electron chi connectivity index (χ2n) is 5.80. The SMILES string of the molecule is Fc1c(F)c(F)c(N=C(Cc2ccccc2)N2CCCC2)c(F)c1F. The van der Waals surface area contributed by atoms with Crippen LogP contribution in [0.2, 0.25) is 0 Å². The maximum Gasteiger partial charge on any atom is 0.200 e. The van der Waals surface area contributed by atoms with Gasteiger partial charge < -0.3 is 4.90 Å². The Labute approximate surface area is 141 Å². The molecular weight excluding hydrogens is 339 g/mol.